The third-order valence-electron chi connectivity index (χ3n) is 1.56. The monoisotopic (exact) mass is 277 g/mol. The summed E-state index contributed by atoms with van der Waals surface area (Å²) in [5, 5.41) is 3.04. The van der Waals surface area contributed by atoms with Crippen LogP contribution in [0.25, 0.3) is 0 Å². The van der Waals surface area contributed by atoms with E-state index in [-0.39, 0.29) is 5.75 Å². The van der Waals surface area contributed by atoms with Gasteiger partial charge in [-0.1, -0.05) is 22.5 Å². The van der Waals surface area contributed by atoms with Crippen molar-refractivity contribution in [2.24, 2.45) is 0 Å². The Balaban J connectivity index is 2.52. The first-order valence-electron chi connectivity index (χ1n) is 4.20. The molecule has 0 aliphatic rings. The third kappa shape index (κ3) is 4.78. The van der Waals surface area contributed by atoms with Crippen molar-refractivity contribution >= 4 is 21.6 Å². The zero-order chi connectivity index (χ0) is 11.3. The molecular weight excluding hydrogens is 268 g/mol. The summed E-state index contributed by atoms with van der Waals surface area (Å²) in [6, 6.07) is 6.28. The molecule has 0 radical (unpaired) electrons. The van der Waals surface area contributed by atoms with Crippen LogP contribution in [0.1, 0.15) is 0 Å². The Kier molecular flexibility index (Phi) is 4.55. The summed E-state index contributed by atoms with van der Waals surface area (Å²) in [5.74, 6) is 0.146. The van der Waals surface area contributed by atoms with Gasteiger partial charge in [0, 0.05) is 16.7 Å². The molecule has 1 N–H and O–H groups in total. The maximum absolute atomic E-state index is 11.8. The molecule has 0 saturated carbocycles. The van der Waals surface area contributed by atoms with Crippen molar-refractivity contribution in [1.29, 1.82) is 0 Å². The van der Waals surface area contributed by atoms with E-state index in [1.54, 1.807) is 12.1 Å². The first-order chi connectivity index (χ1) is 7.08. The highest BCUT2D eigenvalue weighted by molar-refractivity contribution is 9.11. The van der Waals surface area contributed by atoms with Crippen LogP contribution in [-0.4, -0.2) is 13.2 Å². The first kappa shape index (κ1) is 12.0. The molecule has 0 aromatic heterocycles. The number of nitrogens with one attached hydrogen (secondary N) is 1. The Morgan fingerprint density at radius 3 is 2.47 bits per heavy atom. The molecule has 0 atom stereocenters. The normalized spacial score (nSPS) is 10.1. The maximum Gasteiger partial charge on any atom is 0.387 e. The average Bonchev–Trinajstić information content (AvgIpc) is 2.16. The predicted octanol–water partition coefficient (Wildman–Crippen LogP) is 3.61. The molecule has 0 bridgehead atoms. The maximum atomic E-state index is 11.8. The van der Waals surface area contributed by atoms with Gasteiger partial charge in [0.05, 0.1) is 0 Å². The summed E-state index contributed by atoms with van der Waals surface area (Å²) in [6.45, 7) is 1.45. The molecule has 0 spiro atoms. The van der Waals surface area contributed by atoms with E-state index in [2.05, 4.69) is 32.6 Å². The van der Waals surface area contributed by atoms with Gasteiger partial charge in [0.1, 0.15) is 5.75 Å². The van der Waals surface area contributed by atoms with Crippen molar-refractivity contribution in [1.82, 2.24) is 0 Å². The number of ether oxygens (including phenoxy) is 1. The summed E-state index contributed by atoms with van der Waals surface area (Å²) in [7, 11) is 0. The lowest BCUT2D eigenvalue weighted by atomic mass is 10.3. The Labute approximate surface area is 95.1 Å². The summed E-state index contributed by atoms with van der Waals surface area (Å²) in [5.41, 5.74) is 0.817. The molecule has 1 aromatic rings. The van der Waals surface area contributed by atoms with E-state index < -0.39 is 6.61 Å². The number of benzene rings is 1. The number of alkyl halides is 2. The van der Waals surface area contributed by atoms with Gasteiger partial charge in [0.15, 0.2) is 0 Å². The molecule has 0 aliphatic heterocycles. The van der Waals surface area contributed by atoms with Gasteiger partial charge >= 0.3 is 6.61 Å². The van der Waals surface area contributed by atoms with Gasteiger partial charge in [-0.3, -0.25) is 0 Å². The van der Waals surface area contributed by atoms with E-state index in [1.165, 1.54) is 12.1 Å². The van der Waals surface area contributed by atoms with Crippen LogP contribution in [0.15, 0.2) is 35.3 Å². The van der Waals surface area contributed by atoms with Gasteiger partial charge in [0.2, 0.25) is 0 Å². The smallest absolute Gasteiger partial charge is 0.387 e. The highest BCUT2D eigenvalue weighted by Crippen LogP contribution is 2.18. The quantitative estimate of drug-likeness (QED) is 0.888. The Hall–Kier alpha value is -1.10. The minimum Gasteiger partial charge on any atom is -0.435 e. The molecule has 5 heteroatoms. The second-order valence-corrected chi connectivity index (χ2v) is 3.90. The van der Waals surface area contributed by atoms with Gasteiger partial charge in [-0.2, -0.15) is 8.78 Å². The molecular formula is C10H10BrF2NO. The molecule has 0 aliphatic carbocycles. The minimum absolute atomic E-state index is 0.146. The largest absolute Gasteiger partial charge is 0.435 e. The standard InChI is InChI=1S/C10H10BrF2NO/c1-7(11)6-14-8-2-4-9(5-3-8)15-10(12)13/h2-5,10,14H,1,6H2. The SMILES string of the molecule is C=C(Br)CNc1ccc(OC(F)F)cc1. The zero-order valence-corrected chi connectivity index (χ0v) is 9.43. The van der Waals surface area contributed by atoms with Crippen LogP contribution in [0.5, 0.6) is 5.75 Å². The summed E-state index contributed by atoms with van der Waals surface area (Å²) in [6.07, 6.45) is 0. The molecule has 0 unspecified atom stereocenters. The van der Waals surface area contributed by atoms with Gasteiger partial charge in [-0.25, -0.2) is 0 Å². The predicted molar refractivity (Wildman–Crippen MR) is 59.6 cm³/mol. The second kappa shape index (κ2) is 5.70. The fourth-order valence-electron chi connectivity index (χ4n) is 0.952. The average molecular weight is 278 g/mol. The fraction of sp³-hybridized carbons (Fsp3) is 0.200. The lowest BCUT2D eigenvalue weighted by molar-refractivity contribution is -0.0498. The van der Waals surface area contributed by atoms with Crippen LogP contribution in [0.4, 0.5) is 14.5 Å². The van der Waals surface area contributed by atoms with E-state index >= 15 is 0 Å². The molecule has 0 amide bonds. The summed E-state index contributed by atoms with van der Waals surface area (Å²) >= 11 is 3.20. The van der Waals surface area contributed by atoms with Gasteiger partial charge < -0.3 is 10.1 Å². The van der Waals surface area contributed by atoms with Crippen LogP contribution in [0, 0.1) is 0 Å². The Bertz CT molecular complexity index is 327. The van der Waals surface area contributed by atoms with Crippen LogP contribution < -0.4 is 10.1 Å². The fourth-order valence-corrected chi connectivity index (χ4v) is 1.09. The molecule has 0 fully saturated rings. The van der Waals surface area contributed by atoms with Crippen molar-refractivity contribution in [2.75, 3.05) is 11.9 Å². The molecule has 2 nitrogen and oxygen atoms in total. The molecule has 0 heterocycles. The number of rotatable bonds is 5. The highest BCUT2D eigenvalue weighted by atomic mass is 79.9. The lowest BCUT2D eigenvalue weighted by Crippen LogP contribution is -2.03. The van der Waals surface area contributed by atoms with E-state index in [0.29, 0.717) is 6.54 Å². The lowest BCUT2D eigenvalue weighted by Gasteiger charge is -2.07. The van der Waals surface area contributed by atoms with E-state index in [0.717, 1.165) is 10.2 Å². The molecule has 15 heavy (non-hydrogen) atoms. The second-order valence-electron chi connectivity index (χ2n) is 2.77. The Morgan fingerprint density at radius 2 is 2.00 bits per heavy atom. The number of anilines is 1. The number of hydrogen-bond donors (Lipinski definition) is 1. The number of hydrogen-bond acceptors (Lipinski definition) is 2. The van der Waals surface area contributed by atoms with Crippen molar-refractivity contribution in [3.63, 3.8) is 0 Å². The van der Waals surface area contributed by atoms with Crippen LogP contribution in [0.2, 0.25) is 0 Å². The van der Waals surface area contributed by atoms with Crippen LogP contribution in [-0.2, 0) is 0 Å². The summed E-state index contributed by atoms with van der Waals surface area (Å²) in [4.78, 5) is 0. The highest BCUT2D eigenvalue weighted by Gasteiger charge is 2.03. The molecule has 1 rings (SSSR count). The van der Waals surface area contributed by atoms with Gasteiger partial charge in [-0.05, 0) is 24.3 Å². The molecule has 0 saturated heterocycles. The van der Waals surface area contributed by atoms with Crippen molar-refractivity contribution in [3.8, 4) is 5.75 Å². The number of halogens is 3. The van der Waals surface area contributed by atoms with Gasteiger partial charge in [0.25, 0.3) is 0 Å². The minimum atomic E-state index is -2.79. The topological polar surface area (TPSA) is 21.3 Å². The van der Waals surface area contributed by atoms with E-state index in [4.69, 9.17) is 0 Å². The van der Waals surface area contributed by atoms with Crippen LogP contribution >= 0.6 is 15.9 Å². The van der Waals surface area contributed by atoms with Crippen molar-refractivity contribution < 1.29 is 13.5 Å². The van der Waals surface area contributed by atoms with Gasteiger partial charge in [-0.15, -0.1) is 0 Å². The molecule has 82 valence electrons. The van der Waals surface area contributed by atoms with Crippen molar-refractivity contribution in [2.45, 2.75) is 6.61 Å². The van der Waals surface area contributed by atoms with E-state index in [9.17, 15) is 8.78 Å². The molecule has 1 aromatic carbocycles. The Morgan fingerprint density at radius 1 is 1.40 bits per heavy atom. The zero-order valence-electron chi connectivity index (χ0n) is 7.84. The van der Waals surface area contributed by atoms with E-state index in [1.807, 2.05) is 0 Å². The van der Waals surface area contributed by atoms with Crippen molar-refractivity contribution in [3.05, 3.63) is 35.3 Å². The third-order valence-corrected chi connectivity index (χ3v) is 1.84. The first-order valence-corrected chi connectivity index (χ1v) is 4.99. The van der Waals surface area contributed by atoms with Crippen LogP contribution in [0.3, 0.4) is 0 Å². The summed E-state index contributed by atoms with van der Waals surface area (Å²) < 4.78 is 28.7.